The van der Waals surface area contributed by atoms with Gasteiger partial charge in [-0.25, -0.2) is 0 Å². The van der Waals surface area contributed by atoms with Gasteiger partial charge in [0, 0.05) is 52.2 Å². The lowest BCUT2D eigenvalue weighted by Crippen LogP contribution is -2.49. The number of nitrogens with one attached hydrogen (secondary N) is 1. The number of H-pyrrole nitrogens is 1. The molecule has 0 atom stereocenters. The monoisotopic (exact) mass is 430 g/mol. The minimum absolute atomic E-state index is 0.766. The van der Waals surface area contributed by atoms with Crippen molar-refractivity contribution in [1.29, 1.82) is 0 Å². The number of allylic oxidation sites excluding steroid dienone is 1. The van der Waals surface area contributed by atoms with Gasteiger partial charge in [0.05, 0.1) is 11.1 Å². The number of anilines is 2. The number of piperazine rings is 1. The molecule has 3 aromatic rings. The van der Waals surface area contributed by atoms with Crippen molar-refractivity contribution in [3.05, 3.63) is 53.7 Å². The Bertz CT molecular complexity index is 1130. The van der Waals surface area contributed by atoms with E-state index in [4.69, 9.17) is 9.97 Å². The zero-order chi connectivity index (χ0) is 21.9. The molecule has 1 saturated heterocycles. The van der Waals surface area contributed by atoms with E-state index in [9.17, 15) is 0 Å². The molecule has 0 radical (unpaired) electrons. The molecule has 0 bridgehead atoms. The van der Waals surface area contributed by atoms with Crippen molar-refractivity contribution in [1.82, 2.24) is 25.1 Å². The first-order valence-electron chi connectivity index (χ1n) is 11.5. The number of amidine groups is 1. The van der Waals surface area contributed by atoms with Gasteiger partial charge in [-0.15, -0.1) is 0 Å². The Balaban J connectivity index is 1.40. The Morgan fingerprint density at radius 3 is 2.66 bits per heavy atom. The largest absolute Gasteiger partial charge is 0.353 e. The van der Waals surface area contributed by atoms with E-state index in [1.54, 1.807) is 0 Å². The van der Waals surface area contributed by atoms with Crippen LogP contribution in [0.3, 0.4) is 0 Å². The molecule has 1 aromatic carbocycles. The lowest BCUT2D eigenvalue weighted by molar-refractivity contribution is 0.384. The molecular weight excluding hydrogens is 400 g/mol. The zero-order valence-electron chi connectivity index (χ0n) is 18.8. The van der Waals surface area contributed by atoms with Gasteiger partial charge in [-0.3, -0.25) is 10.1 Å². The molecule has 4 heterocycles. The topological polar surface area (TPSA) is 76.5 Å². The van der Waals surface area contributed by atoms with Crippen LogP contribution in [0.2, 0.25) is 0 Å². The highest BCUT2D eigenvalue weighted by Gasteiger charge is 2.27. The van der Waals surface area contributed by atoms with Gasteiger partial charge >= 0.3 is 0 Å². The molecule has 5 rings (SSSR count). The summed E-state index contributed by atoms with van der Waals surface area (Å²) >= 11 is 0. The predicted molar refractivity (Wildman–Crippen MR) is 129 cm³/mol. The van der Waals surface area contributed by atoms with Crippen LogP contribution < -0.4 is 9.80 Å². The van der Waals surface area contributed by atoms with Crippen molar-refractivity contribution in [2.24, 2.45) is 4.99 Å². The van der Waals surface area contributed by atoms with Crippen molar-refractivity contribution in [2.75, 3.05) is 49.1 Å². The van der Waals surface area contributed by atoms with Crippen LogP contribution in [0, 0.1) is 0 Å². The van der Waals surface area contributed by atoms with Gasteiger partial charge in [-0.05, 0) is 25.5 Å². The number of aromatic nitrogens is 4. The standard InChI is InChI=1S/C24H30N8/c1-3-8-20(25-4-2)30-13-15-31(16-14-30)24-26-22-21-19(28-29-22)11-12-32(23(21)27-24)17-18-9-6-5-7-10-18/h3,5-10H,4,11-17H2,1-2H3,(H,26,27,28,29)/b8-3-,25-20?. The fraction of sp³-hybridized carbons (Fsp3) is 0.417. The van der Waals surface area contributed by atoms with Gasteiger partial charge in [0.15, 0.2) is 5.65 Å². The van der Waals surface area contributed by atoms with Crippen LogP contribution in [0.25, 0.3) is 11.0 Å². The maximum absolute atomic E-state index is 5.07. The number of benzene rings is 1. The summed E-state index contributed by atoms with van der Waals surface area (Å²) in [5, 5.41) is 8.77. The number of rotatable bonds is 5. The molecule has 0 spiro atoms. The third-order valence-corrected chi connectivity index (χ3v) is 6.13. The number of hydrogen-bond acceptors (Lipinski definition) is 6. The van der Waals surface area contributed by atoms with E-state index in [2.05, 4.69) is 79.3 Å². The van der Waals surface area contributed by atoms with Crippen molar-refractivity contribution >= 4 is 28.6 Å². The summed E-state index contributed by atoms with van der Waals surface area (Å²) in [5.41, 5.74) is 3.19. The second-order valence-electron chi connectivity index (χ2n) is 8.21. The molecule has 1 N–H and O–H groups in total. The van der Waals surface area contributed by atoms with Gasteiger partial charge in [-0.1, -0.05) is 36.4 Å². The Hall–Kier alpha value is -3.42. The Labute approximate surface area is 188 Å². The van der Waals surface area contributed by atoms with Crippen LogP contribution in [-0.2, 0) is 13.0 Å². The van der Waals surface area contributed by atoms with Crippen LogP contribution >= 0.6 is 0 Å². The Morgan fingerprint density at radius 2 is 1.91 bits per heavy atom. The highest BCUT2D eigenvalue weighted by atomic mass is 15.4. The molecule has 8 nitrogen and oxygen atoms in total. The van der Waals surface area contributed by atoms with Crippen LogP contribution in [0.4, 0.5) is 11.8 Å². The van der Waals surface area contributed by atoms with Crippen molar-refractivity contribution in [3.63, 3.8) is 0 Å². The summed E-state index contributed by atoms with van der Waals surface area (Å²) in [4.78, 5) is 21.5. The van der Waals surface area contributed by atoms with Crippen molar-refractivity contribution in [3.8, 4) is 0 Å². The summed E-state index contributed by atoms with van der Waals surface area (Å²) in [6.45, 7) is 10.2. The molecule has 2 aliphatic rings. The normalized spacial score (nSPS) is 17.1. The number of hydrogen-bond donors (Lipinski definition) is 1. The highest BCUT2D eigenvalue weighted by molar-refractivity contribution is 5.93. The summed E-state index contributed by atoms with van der Waals surface area (Å²) in [7, 11) is 0. The Morgan fingerprint density at radius 1 is 1.09 bits per heavy atom. The molecule has 166 valence electrons. The second kappa shape index (κ2) is 8.98. The molecular formula is C24H30N8. The van der Waals surface area contributed by atoms with E-state index in [1.165, 1.54) is 5.56 Å². The molecule has 8 heteroatoms. The first-order chi connectivity index (χ1) is 15.8. The molecule has 2 aromatic heterocycles. The predicted octanol–water partition coefficient (Wildman–Crippen LogP) is 3.03. The van der Waals surface area contributed by atoms with E-state index >= 15 is 0 Å². The zero-order valence-corrected chi connectivity index (χ0v) is 18.8. The molecule has 0 aliphatic carbocycles. The second-order valence-corrected chi connectivity index (χ2v) is 8.21. The summed E-state index contributed by atoms with van der Waals surface area (Å²) in [6.07, 6.45) is 5.08. The number of nitrogens with zero attached hydrogens (tertiary/aromatic N) is 7. The molecule has 2 aliphatic heterocycles. The van der Waals surface area contributed by atoms with Crippen LogP contribution in [0.15, 0.2) is 47.5 Å². The third kappa shape index (κ3) is 3.92. The van der Waals surface area contributed by atoms with Crippen molar-refractivity contribution in [2.45, 2.75) is 26.8 Å². The maximum atomic E-state index is 5.07. The molecule has 0 amide bonds. The van der Waals surface area contributed by atoms with Gasteiger partial charge in [0.1, 0.15) is 11.7 Å². The first kappa shape index (κ1) is 20.5. The molecule has 32 heavy (non-hydrogen) atoms. The van der Waals surface area contributed by atoms with Crippen LogP contribution in [0.1, 0.15) is 25.1 Å². The molecule has 0 unspecified atom stereocenters. The fourth-order valence-electron chi connectivity index (χ4n) is 4.52. The van der Waals surface area contributed by atoms with Gasteiger partial charge in [0.25, 0.3) is 0 Å². The van der Waals surface area contributed by atoms with E-state index in [0.717, 1.165) is 86.6 Å². The van der Waals surface area contributed by atoms with Gasteiger partial charge in [-0.2, -0.15) is 15.1 Å². The first-order valence-corrected chi connectivity index (χ1v) is 11.5. The number of aliphatic imine (C=N–C) groups is 1. The highest BCUT2D eigenvalue weighted by Crippen LogP contribution is 2.33. The van der Waals surface area contributed by atoms with Gasteiger partial charge < -0.3 is 14.7 Å². The maximum Gasteiger partial charge on any atom is 0.229 e. The smallest absolute Gasteiger partial charge is 0.229 e. The summed E-state index contributed by atoms with van der Waals surface area (Å²) in [6, 6.07) is 10.6. The minimum Gasteiger partial charge on any atom is -0.353 e. The van der Waals surface area contributed by atoms with E-state index < -0.39 is 0 Å². The SMILES string of the molecule is C/C=C\C(=NCC)N1CCN(c2nc3c4c([nH]nc4n2)CCN3Cc2ccccc2)CC1. The molecule has 0 saturated carbocycles. The lowest BCUT2D eigenvalue weighted by Gasteiger charge is -2.36. The van der Waals surface area contributed by atoms with Gasteiger partial charge in [0.2, 0.25) is 5.95 Å². The van der Waals surface area contributed by atoms with E-state index in [1.807, 2.05) is 6.92 Å². The average molecular weight is 431 g/mol. The summed E-state index contributed by atoms with van der Waals surface area (Å²) in [5.74, 6) is 2.82. The minimum atomic E-state index is 0.766. The quantitative estimate of drug-likeness (QED) is 0.495. The third-order valence-electron chi connectivity index (χ3n) is 6.13. The fourth-order valence-corrected chi connectivity index (χ4v) is 4.52. The Kier molecular flexibility index (Phi) is 5.75. The van der Waals surface area contributed by atoms with Crippen molar-refractivity contribution < 1.29 is 0 Å². The number of aromatic amines is 1. The lowest BCUT2D eigenvalue weighted by atomic mass is 10.1. The van der Waals surface area contributed by atoms with E-state index in [0.29, 0.717) is 0 Å². The average Bonchev–Trinajstić information content (AvgIpc) is 3.25. The van der Waals surface area contributed by atoms with Crippen LogP contribution in [-0.4, -0.2) is 70.2 Å². The molecule has 1 fully saturated rings. The van der Waals surface area contributed by atoms with Crippen LogP contribution in [0.5, 0.6) is 0 Å². The van der Waals surface area contributed by atoms with E-state index in [-0.39, 0.29) is 0 Å². The summed E-state index contributed by atoms with van der Waals surface area (Å²) < 4.78 is 0.